The molecule has 1 aliphatic carbocycles. The first kappa shape index (κ1) is 14.0. The monoisotopic (exact) mass is 295 g/mol. The number of hydrogen-bond donors (Lipinski definition) is 0. The van der Waals surface area contributed by atoms with E-state index in [1.54, 1.807) is 0 Å². The first-order chi connectivity index (χ1) is 10.8. The fraction of sp³-hybridized carbons (Fsp3) is 0.526. The van der Waals surface area contributed by atoms with E-state index in [9.17, 15) is 0 Å². The largest absolute Gasteiger partial charge is 0.300 e. The molecule has 3 nitrogen and oxygen atoms in total. The van der Waals surface area contributed by atoms with E-state index in [-0.39, 0.29) is 0 Å². The molecule has 0 radical (unpaired) electrons. The van der Waals surface area contributed by atoms with Gasteiger partial charge in [-0.2, -0.15) is 5.10 Å². The van der Waals surface area contributed by atoms with Crippen LogP contribution in [-0.4, -0.2) is 30.2 Å². The Morgan fingerprint density at radius 3 is 2.77 bits per heavy atom. The lowest BCUT2D eigenvalue weighted by molar-refractivity contribution is 0.256. The molecule has 4 rings (SSSR count). The first-order valence-electron chi connectivity index (χ1n) is 8.63. The molecule has 0 spiro atoms. The number of hydrazone groups is 1. The van der Waals surface area contributed by atoms with Gasteiger partial charge in [0.1, 0.15) is 0 Å². The van der Waals surface area contributed by atoms with Crippen LogP contribution in [0.3, 0.4) is 0 Å². The minimum atomic E-state index is 0.780. The average Bonchev–Trinajstić information content (AvgIpc) is 3.23. The molecule has 0 unspecified atom stereocenters. The summed E-state index contributed by atoms with van der Waals surface area (Å²) in [7, 11) is 0. The summed E-state index contributed by atoms with van der Waals surface area (Å²) in [6, 6.07) is 9.80. The second-order valence-corrected chi connectivity index (χ2v) is 6.94. The van der Waals surface area contributed by atoms with E-state index in [0.717, 1.165) is 30.0 Å². The standard InChI is InChI=1S/C19H25N3/c1-15-5-4-11-21(15)14-17-13-19(17)16-6-8-18(9-7-16)22-12-3-2-10-20-22/h3,6-10,12,15,17,19H,2,4-5,11,13-14H2,1H3/t15-,17+,19+/m0/s1. The zero-order chi connectivity index (χ0) is 14.9. The minimum absolute atomic E-state index is 0.780. The number of allylic oxidation sites excluding steroid dienone is 1. The van der Waals surface area contributed by atoms with Crippen molar-refractivity contribution in [2.24, 2.45) is 11.0 Å². The van der Waals surface area contributed by atoms with E-state index in [2.05, 4.69) is 47.3 Å². The summed E-state index contributed by atoms with van der Waals surface area (Å²) in [5, 5.41) is 6.34. The Kier molecular flexibility index (Phi) is 3.75. The molecule has 0 bridgehead atoms. The smallest absolute Gasteiger partial charge is 0.0645 e. The van der Waals surface area contributed by atoms with Gasteiger partial charge in [-0.15, -0.1) is 0 Å². The minimum Gasteiger partial charge on any atom is -0.300 e. The highest BCUT2D eigenvalue weighted by atomic mass is 15.4. The summed E-state index contributed by atoms with van der Waals surface area (Å²) >= 11 is 0. The molecule has 0 aromatic heterocycles. The number of nitrogens with zero attached hydrogens (tertiary/aromatic N) is 3. The molecule has 0 amide bonds. The fourth-order valence-electron chi connectivity index (χ4n) is 3.84. The van der Waals surface area contributed by atoms with Crippen LogP contribution in [0, 0.1) is 5.92 Å². The fourth-order valence-corrected chi connectivity index (χ4v) is 3.84. The van der Waals surface area contributed by atoms with E-state index in [4.69, 9.17) is 0 Å². The Balaban J connectivity index is 1.37. The topological polar surface area (TPSA) is 18.8 Å². The zero-order valence-electron chi connectivity index (χ0n) is 13.4. The molecule has 2 aliphatic heterocycles. The van der Waals surface area contributed by atoms with E-state index in [1.807, 2.05) is 17.4 Å². The van der Waals surface area contributed by atoms with Gasteiger partial charge in [-0.05, 0) is 62.3 Å². The van der Waals surface area contributed by atoms with Crippen LogP contribution >= 0.6 is 0 Å². The van der Waals surface area contributed by atoms with Crippen LogP contribution in [0.1, 0.15) is 44.1 Å². The molecule has 0 N–H and O–H groups in total. The van der Waals surface area contributed by atoms with Gasteiger partial charge in [0.2, 0.25) is 0 Å². The lowest BCUT2D eigenvalue weighted by atomic mass is 10.1. The maximum absolute atomic E-state index is 4.40. The van der Waals surface area contributed by atoms with E-state index in [1.165, 1.54) is 37.9 Å². The zero-order valence-corrected chi connectivity index (χ0v) is 13.4. The highest BCUT2D eigenvalue weighted by Crippen LogP contribution is 2.48. The van der Waals surface area contributed by atoms with Gasteiger partial charge in [0.05, 0.1) is 5.69 Å². The first-order valence-corrected chi connectivity index (χ1v) is 8.63. The van der Waals surface area contributed by atoms with Gasteiger partial charge in [-0.25, -0.2) is 5.01 Å². The normalized spacial score (nSPS) is 31.0. The highest BCUT2D eigenvalue weighted by molar-refractivity contribution is 5.65. The summed E-state index contributed by atoms with van der Waals surface area (Å²) in [6.07, 6.45) is 11.2. The van der Waals surface area contributed by atoms with Crippen LogP contribution in [0.5, 0.6) is 0 Å². The number of likely N-dealkylation sites (tertiary alicyclic amines) is 1. The maximum Gasteiger partial charge on any atom is 0.0645 e. The molecule has 2 heterocycles. The summed E-state index contributed by atoms with van der Waals surface area (Å²) < 4.78 is 0. The summed E-state index contributed by atoms with van der Waals surface area (Å²) in [5.41, 5.74) is 2.66. The lowest BCUT2D eigenvalue weighted by Gasteiger charge is -2.21. The maximum atomic E-state index is 4.40. The van der Waals surface area contributed by atoms with Crippen LogP contribution in [0.2, 0.25) is 0 Å². The molecule has 1 aromatic carbocycles. The van der Waals surface area contributed by atoms with Crippen molar-refractivity contribution in [3.05, 3.63) is 42.1 Å². The summed E-state index contributed by atoms with van der Waals surface area (Å²) in [4.78, 5) is 2.69. The SMILES string of the molecule is C[C@H]1CCCN1C[C@H]1C[C@@H]1c1ccc(N2C=CCC=N2)cc1. The third-order valence-corrected chi connectivity index (χ3v) is 5.36. The van der Waals surface area contributed by atoms with Gasteiger partial charge in [0.25, 0.3) is 0 Å². The summed E-state index contributed by atoms with van der Waals surface area (Å²) in [5.74, 6) is 1.65. The van der Waals surface area contributed by atoms with Gasteiger partial charge in [0.15, 0.2) is 0 Å². The van der Waals surface area contributed by atoms with Crippen molar-refractivity contribution in [3.8, 4) is 0 Å². The molecule has 3 heteroatoms. The van der Waals surface area contributed by atoms with Crippen molar-refractivity contribution in [2.75, 3.05) is 18.1 Å². The molecule has 3 aliphatic rings. The molecule has 2 fully saturated rings. The molecular formula is C19H25N3. The van der Waals surface area contributed by atoms with Crippen LogP contribution in [0.4, 0.5) is 5.69 Å². The van der Waals surface area contributed by atoms with Crippen LogP contribution < -0.4 is 5.01 Å². The molecule has 1 saturated carbocycles. The molecule has 1 saturated heterocycles. The quantitative estimate of drug-likeness (QED) is 0.836. The Morgan fingerprint density at radius 1 is 1.23 bits per heavy atom. The second kappa shape index (κ2) is 5.88. The van der Waals surface area contributed by atoms with E-state index < -0.39 is 0 Å². The van der Waals surface area contributed by atoms with Gasteiger partial charge < -0.3 is 4.90 Å². The van der Waals surface area contributed by atoms with Crippen LogP contribution in [-0.2, 0) is 0 Å². The number of hydrogen-bond acceptors (Lipinski definition) is 3. The number of rotatable bonds is 4. The molecule has 22 heavy (non-hydrogen) atoms. The molecule has 3 atom stereocenters. The van der Waals surface area contributed by atoms with E-state index in [0.29, 0.717) is 0 Å². The average molecular weight is 295 g/mol. The number of benzene rings is 1. The van der Waals surface area contributed by atoms with Gasteiger partial charge in [0, 0.05) is 31.4 Å². The van der Waals surface area contributed by atoms with E-state index >= 15 is 0 Å². The Hall–Kier alpha value is -1.61. The summed E-state index contributed by atoms with van der Waals surface area (Å²) in [6.45, 7) is 4.99. The van der Waals surface area contributed by atoms with Crippen molar-refractivity contribution >= 4 is 11.9 Å². The Labute approximate surface area is 133 Å². The van der Waals surface area contributed by atoms with Gasteiger partial charge >= 0.3 is 0 Å². The van der Waals surface area contributed by atoms with Crippen molar-refractivity contribution in [1.29, 1.82) is 0 Å². The third-order valence-electron chi connectivity index (χ3n) is 5.36. The molecule has 116 valence electrons. The van der Waals surface area contributed by atoms with Gasteiger partial charge in [-0.1, -0.05) is 18.2 Å². The second-order valence-electron chi connectivity index (χ2n) is 6.94. The lowest BCUT2D eigenvalue weighted by Crippen LogP contribution is -2.29. The predicted octanol–water partition coefficient (Wildman–Crippen LogP) is 3.98. The van der Waals surface area contributed by atoms with Crippen molar-refractivity contribution < 1.29 is 0 Å². The van der Waals surface area contributed by atoms with Crippen molar-refractivity contribution in [3.63, 3.8) is 0 Å². The third kappa shape index (κ3) is 2.82. The number of anilines is 1. The Bertz CT molecular complexity index is 563. The van der Waals surface area contributed by atoms with Crippen molar-refractivity contribution in [1.82, 2.24) is 4.90 Å². The molecular weight excluding hydrogens is 270 g/mol. The Morgan fingerprint density at radius 2 is 2.09 bits per heavy atom. The highest BCUT2D eigenvalue weighted by Gasteiger charge is 2.40. The predicted molar refractivity (Wildman–Crippen MR) is 92.3 cm³/mol. The van der Waals surface area contributed by atoms with Gasteiger partial charge in [-0.3, -0.25) is 0 Å². The van der Waals surface area contributed by atoms with Crippen molar-refractivity contribution in [2.45, 2.75) is 44.6 Å². The van der Waals surface area contributed by atoms with Crippen LogP contribution in [0.25, 0.3) is 0 Å². The molecule has 1 aromatic rings. The van der Waals surface area contributed by atoms with Crippen LogP contribution in [0.15, 0.2) is 41.6 Å².